The Morgan fingerprint density at radius 2 is 1.96 bits per heavy atom. The summed E-state index contributed by atoms with van der Waals surface area (Å²) in [6.45, 7) is 0.710. The fourth-order valence-electron chi connectivity index (χ4n) is 3.28. The van der Waals surface area contributed by atoms with E-state index in [9.17, 15) is 9.59 Å². The van der Waals surface area contributed by atoms with Gasteiger partial charge in [-0.25, -0.2) is 0 Å². The van der Waals surface area contributed by atoms with E-state index in [1.807, 2.05) is 25.4 Å². The first-order chi connectivity index (χ1) is 12.9. The molecule has 8 nitrogen and oxygen atoms in total. The van der Waals surface area contributed by atoms with Crippen LogP contribution in [-0.4, -0.2) is 49.9 Å². The van der Waals surface area contributed by atoms with E-state index in [2.05, 4.69) is 15.5 Å². The summed E-state index contributed by atoms with van der Waals surface area (Å²) >= 11 is 0. The van der Waals surface area contributed by atoms with Crippen molar-refractivity contribution < 1.29 is 9.59 Å². The molecule has 4 rings (SSSR count). The molecule has 138 valence electrons. The summed E-state index contributed by atoms with van der Waals surface area (Å²) in [5, 5.41) is 11.4. The Morgan fingerprint density at radius 3 is 2.70 bits per heavy atom. The lowest BCUT2D eigenvalue weighted by atomic mass is 9.98. The minimum absolute atomic E-state index is 0.0234. The molecule has 1 aliphatic heterocycles. The Hall–Kier alpha value is -3.42. The number of hydrogen-bond acceptors (Lipinski definition) is 4. The molecular formula is C19H20N6O2. The second-order valence-electron chi connectivity index (χ2n) is 6.77. The second kappa shape index (κ2) is 6.39. The van der Waals surface area contributed by atoms with Crippen LogP contribution in [0.25, 0.3) is 11.3 Å². The molecule has 0 saturated carbocycles. The number of nitrogens with one attached hydrogen (secondary N) is 1. The van der Waals surface area contributed by atoms with Crippen molar-refractivity contribution in [3.8, 4) is 11.3 Å². The van der Waals surface area contributed by atoms with Gasteiger partial charge in [-0.15, -0.1) is 0 Å². The first-order valence-electron chi connectivity index (χ1n) is 8.65. The van der Waals surface area contributed by atoms with Crippen molar-refractivity contribution in [2.24, 2.45) is 14.1 Å². The van der Waals surface area contributed by atoms with Crippen LogP contribution in [0.15, 0.2) is 36.8 Å². The molecule has 0 radical (unpaired) electrons. The largest absolute Gasteiger partial charge is 0.341 e. The van der Waals surface area contributed by atoms with Gasteiger partial charge in [0.05, 0.1) is 11.8 Å². The number of fused-ring (bicyclic) bond motifs is 1. The van der Waals surface area contributed by atoms with Crippen molar-refractivity contribution in [1.82, 2.24) is 24.5 Å². The number of amides is 2. The number of benzene rings is 1. The number of nitrogens with zero attached hydrogens (tertiary/aromatic N) is 5. The number of anilines is 1. The molecule has 27 heavy (non-hydrogen) atoms. The van der Waals surface area contributed by atoms with Crippen molar-refractivity contribution in [2.75, 3.05) is 18.9 Å². The molecule has 0 aliphatic carbocycles. The average Bonchev–Trinajstić information content (AvgIpc) is 3.24. The van der Waals surface area contributed by atoms with Crippen LogP contribution in [0.2, 0.25) is 0 Å². The van der Waals surface area contributed by atoms with Gasteiger partial charge < -0.3 is 10.2 Å². The van der Waals surface area contributed by atoms with E-state index in [0.29, 0.717) is 29.1 Å². The number of aromatic nitrogens is 4. The van der Waals surface area contributed by atoms with Crippen molar-refractivity contribution in [1.29, 1.82) is 0 Å². The highest BCUT2D eigenvalue weighted by molar-refractivity contribution is 6.08. The number of rotatable bonds is 3. The first-order valence-corrected chi connectivity index (χ1v) is 8.65. The summed E-state index contributed by atoms with van der Waals surface area (Å²) in [6, 6.07) is 5.47. The lowest BCUT2D eigenvalue weighted by Crippen LogP contribution is -2.34. The molecule has 2 amide bonds. The summed E-state index contributed by atoms with van der Waals surface area (Å²) < 4.78 is 3.26. The summed E-state index contributed by atoms with van der Waals surface area (Å²) in [4.78, 5) is 26.9. The van der Waals surface area contributed by atoms with Crippen LogP contribution in [-0.2, 0) is 20.5 Å². The van der Waals surface area contributed by atoms with Gasteiger partial charge in [-0.05, 0) is 24.1 Å². The van der Waals surface area contributed by atoms with Crippen LogP contribution in [0, 0.1) is 0 Å². The standard InChI is InChI=1S/C19H20N6O2/c1-23-7-6-12-4-5-14(8-15(12)19(23)27)21-18(26)16-11-25(3)22-17(16)13-9-20-24(2)10-13/h4-5,8-11H,6-7H2,1-3H3,(H,21,26). The molecule has 1 aromatic carbocycles. The number of likely N-dealkylation sites (N-methyl/N-ethyl adjacent to an activating group) is 1. The number of carbonyl (C=O) groups excluding carboxylic acids is 2. The Bertz CT molecular complexity index is 1050. The molecule has 3 heterocycles. The Kier molecular flexibility index (Phi) is 4.02. The van der Waals surface area contributed by atoms with Crippen molar-refractivity contribution in [2.45, 2.75) is 6.42 Å². The van der Waals surface area contributed by atoms with Crippen LogP contribution >= 0.6 is 0 Å². The SMILES string of the molecule is CN1CCc2ccc(NC(=O)c3cn(C)nc3-c3cnn(C)c3)cc2C1=O. The zero-order chi connectivity index (χ0) is 19.1. The lowest BCUT2D eigenvalue weighted by Gasteiger charge is -2.25. The summed E-state index contributed by atoms with van der Waals surface area (Å²) in [5.74, 6) is -0.303. The molecule has 2 aromatic heterocycles. The van der Waals surface area contributed by atoms with Gasteiger partial charge in [-0.2, -0.15) is 10.2 Å². The summed E-state index contributed by atoms with van der Waals surface area (Å²) in [5.41, 5.74) is 4.02. The lowest BCUT2D eigenvalue weighted by molar-refractivity contribution is 0.0780. The average molecular weight is 364 g/mol. The van der Waals surface area contributed by atoms with Crippen LogP contribution in [0.5, 0.6) is 0 Å². The maximum absolute atomic E-state index is 12.9. The maximum atomic E-state index is 12.9. The minimum Gasteiger partial charge on any atom is -0.341 e. The van der Waals surface area contributed by atoms with Crippen LogP contribution in [0.3, 0.4) is 0 Å². The maximum Gasteiger partial charge on any atom is 0.259 e. The summed E-state index contributed by atoms with van der Waals surface area (Å²) in [7, 11) is 5.36. The smallest absolute Gasteiger partial charge is 0.259 e. The van der Waals surface area contributed by atoms with Crippen LogP contribution < -0.4 is 5.32 Å². The number of carbonyl (C=O) groups is 2. The zero-order valence-corrected chi connectivity index (χ0v) is 15.4. The zero-order valence-electron chi connectivity index (χ0n) is 15.4. The number of aryl methyl sites for hydroxylation is 2. The topological polar surface area (TPSA) is 85.1 Å². The fraction of sp³-hybridized carbons (Fsp3) is 0.263. The van der Waals surface area contributed by atoms with E-state index < -0.39 is 0 Å². The molecule has 3 aromatic rings. The van der Waals surface area contributed by atoms with Gasteiger partial charge in [0.15, 0.2) is 0 Å². The normalized spacial score (nSPS) is 13.6. The van der Waals surface area contributed by atoms with E-state index in [1.165, 1.54) is 0 Å². The molecule has 0 spiro atoms. The Balaban J connectivity index is 1.63. The molecule has 0 saturated heterocycles. The Morgan fingerprint density at radius 1 is 1.15 bits per heavy atom. The van der Waals surface area contributed by atoms with E-state index in [-0.39, 0.29) is 11.8 Å². The number of hydrogen-bond donors (Lipinski definition) is 1. The first kappa shape index (κ1) is 17.0. The molecule has 0 fully saturated rings. The van der Waals surface area contributed by atoms with Crippen LogP contribution in [0.1, 0.15) is 26.3 Å². The van der Waals surface area contributed by atoms with E-state index in [4.69, 9.17) is 0 Å². The third-order valence-corrected chi connectivity index (χ3v) is 4.71. The third kappa shape index (κ3) is 3.10. The molecule has 1 N–H and O–H groups in total. The molecule has 0 bridgehead atoms. The van der Waals surface area contributed by atoms with Crippen LogP contribution in [0.4, 0.5) is 5.69 Å². The van der Waals surface area contributed by atoms with Gasteiger partial charge in [0.2, 0.25) is 0 Å². The van der Waals surface area contributed by atoms with Crippen molar-refractivity contribution >= 4 is 17.5 Å². The van der Waals surface area contributed by atoms with Gasteiger partial charge >= 0.3 is 0 Å². The highest BCUT2D eigenvalue weighted by Gasteiger charge is 2.23. The second-order valence-corrected chi connectivity index (χ2v) is 6.77. The highest BCUT2D eigenvalue weighted by Crippen LogP contribution is 2.25. The highest BCUT2D eigenvalue weighted by atomic mass is 16.2. The van der Waals surface area contributed by atoms with E-state index in [1.54, 1.807) is 46.8 Å². The van der Waals surface area contributed by atoms with Crippen molar-refractivity contribution in [3.05, 3.63) is 53.5 Å². The molecule has 0 unspecified atom stereocenters. The van der Waals surface area contributed by atoms with Gasteiger partial charge in [0.1, 0.15) is 5.69 Å². The van der Waals surface area contributed by atoms with Gasteiger partial charge in [0, 0.05) is 56.9 Å². The fourth-order valence-corrected chi connectivity index (χ4v) is 3.28. The van der Waals surface area contributed by atoms with Gasteiger partial charge in [-0.1, -0.05) is 6.07 Å². The molecular weight excluding hydrogens is 344 g/mol. The van der Waals surface area contributed by atoms with Gasteiger partial charge in [0.25, 0.3) is 11.8 Å². The van der Waals surface area contributed by atoms with Crippen molar-refractivity contribution in [3.63, 3.8) is 0 Å². The molecule has 8 heteroatoms. The monoisotopic (exact) mass is 364 g/mol. The summed E-state index contributed by atoms with van der Waals surface area (Å²) in [6.07, 6.45) is 5.98. The van der Waals surface area contributed by atoms with E-state index >= 15 is 0 Å². The van der Waals surface area contributed by atoms with Gasteiger partial charge in [-0.3, -0.25) is 19.0 Å². The quantitative estimate of drug-likeness (QED) is 0.767. The van der Waals surface area contributed by atoms with E-state index in [0.717, 1.165) is 17.5 Å². The third-order valence-electron chi connectivity index (χ3n) is 4.71. The predicted molar refractivity (Wildman–Crippen MR) is 100 cm³/mol. The Labute approximate surface area is 156 Å². The molecule has 1 aliphatic rings. The minimum atomic E-state index is -0.279. The molecule has 0 atom stereocenters. The predicted octanol–water partition coefficient (Wildman–Crippen LogP) is 1.70.